The van der Waals surface area contributed by atoms with Crippen molar-refractivity contribution in [2.24, 2.45) is 47.3 Å². The Kier molecular flexibility index (Phi) is 32.1. The summed E-state index contributed by atoms with van der Waals surface area (Å²) in [5, 5.41) is 0. The van der Waals surface area contributed by atoms with Crippen molar-refractivity contribution in [1.29, 1.82) is 0 Å². The van der Waals surface area contributed by atoms with Gasteiger partial charge in [-0.2, -0.15) is 0 Å². The van der Waals surface area contributed by atoms with Crippen molar-refractivity contribution < 1.29 is 0 Å². The van der Waals surface area contributed by atoms with Crippen LogP contribution in [0.5, 0.6) is 0 Å². The summed E-state index contributed by atoms with van der Waals surface area (Å²) in [5.74, 6) is 8.40. The summed E-state index contributed by atoms with van der Waals surface area (Å²) in [7, 11) is 20.3. The van der Waals surface area contributed by atoms with Crippen LogP contribution in [0.25, 0.3) is 0 Å². The van der Waals surface area contributed by atoms with E-state index in [1.807, 2.05) is 0 Å². The lowest BCUT2D eigenvalue weighted by atomic mass is 9.71. The molecule has 0 N–H and O–H groups in total. The topological polar surface area (TPSA) is 29.2 Å². The van der Waals surface area contributed by atoms with E-state index in [-0.39, 0.29) is 0 Å². The Labute approximate surface area is 636 Å². The summed E-state index contributed by atoms with van der Waals surface area (Å²) >= 11 is 0. The fourth-order valence-corrected chi connectivity index (χ4v) is 23.3. The molecule has 9 aliphatic heterocycles. The number of likely N-dealkylation sites (N-methyl/N-ethyl adjacent to an activating group) is 2. The normalized spacial score (nSPS) is 37.5. The number of aryl methyl sites for hydroxylation is 1. The number of hydrogen-bond acceptors (Lipinski definition) is 9. The molecule has 6 aliphatic carbocycles. The van der Waals surface area contributed by atoms with Crippen molar-refractivity contribution >= 4 is 11.4 Å². The number of anilines is 2. The number of benzene rings is 3. The molecule has 0 amide bonds. The molecular formula is C94H161N9. The molecule has 6 saturated carbocycles. The molecule has 3 aromatic carbocycles. The number of likely N-dealkylation sites (tertiary alicyclic amines) is 6. The van der Waals surface area contributed by atoms with Crippen LogP contribution in [0.3, 0.4) is 0 Å². The van der Waals surface area contributed by atoms with Crippen LogP contribution >= 0.6 is 0 Å². The summed E-state index contributed by atoms with van der Waals surface area (Å²) < 4.78 is 0. The van der Waals surface area contributed by atoms with Gasteiger partial charge in [-0.1, -0.05) is 144 Å². The Balaban J connectivity index is 0.000000125. The SMILES string of the molecule is CC1C2CCCCC2CCN1C.CC1CC2CCCC2N1C.CC1CC2CCCCC2CN1C.CC1CC2CCCCC2N1C.CC1CC2CCCCC2N1C.CC1CCC2CCCCC2N1C.CC1CCc2ccccc2N1C.CC1Cc2ccccc2N1C.CC1c2ccccc2CCN1C. The maximum atomic E-state index is 2.63. The van der Waals surface area contributed by atoms with Crippen molar-refractivity contribution in [3.8, 4) is 0 Å². The molecule has 9 nitrogen and oxygen atoms in total. The highest BCUT2D eigenvalue weighted by Gasteiger charge is 2.42. The van der Waals surface area contributed by atoms with Crippen molar-refractivity contribution in [2.75, 3.05) is 92.9 Å². The van der Waals surface area contributed by atoms with Gasteiger partial charge in [-0.25, -0.2) is 0 Å². The van der Waals surface area contributed by atoms with Gasteiger partial charge in [0.2, 0.25) is 0 Å². The molecule has 21 atom stereocenters. The van der Waals surface area contributed by atoms with Crippen LogP contribution in [0.2, 0.25) is 0 Å². The predicted molar refractivity (Wildman–Crippen MR) is 446 cm³/mol. The number of rotatable bonds is 0. The van der Waals surface area contributed by atoms with E-state index < -0.39 is 0 Å². The molecule has 103 heavy (non-hydrogen) atoms. The van der Waals surface area contributed by atoms with Gasteiger partial charge in [0.25, 0.3) is 0 Å². The van der Waals surface area contributed by atoms with E-state index >= 15 is 0 Å². The Hall–Kier alpha value is -3.02. The molecular weight excluding hydrogens is 1260 g/mol. The van der Waals surface area contributed by atoms with Gasteiger partial charge in [0.05, 0.1) is 0 Å². The summed E-state index contributed by atoms with van der Waals surface area (Å²) in [6.45, 7) is 25.0. The van der Waals surface area contributed by atoms with Crippen molar-refractivity contribution in [3.63, 3.8) is 0 Å². The van der Waals surface area contributed by atoms with Crippen molar-refractivity contribution in [2.45, 2.75) is 359 Å². The van der Waals surface area contributed by atoms with Crippen LogP contribution in [0.1, 0.15) is 290 Å². The van der Waals surface area contributed by atoms with Crippen LogP contribution < -0.4 is 9.80 Å². The Bertz CT molecular complexity index is 2760. The second-order valence-corrected chi connectivity index (χ2v) is 37.5. The largest absolute Gasteiger partial charge is 0.372 e. The average Bonchev–Trinajstić information content (AvgIpc) is 1.56. The summed E-state index contributed by atoms with van der Waals surface area (Å²) in [5.41, 5.74) is 8.84. The van der Waals surface area contributed by atoms with E-state index in [0.29, 0.717) is 18.1 Å². The molecule has 21 unspecified atom stereocenters. The molecule has 6 saturated heterocycles. The molecule has 582 valence electrons. The molecule has 18 rings (SSSR count). The maximum absolute atomic E-state index is 2.63. The first kappa shape index (κ1) is 82.5. The molecule has 15 aliphatic rings. The van der Waals surface area contributed by atoms with Crippen molar-refractivity contribution in [3.05, 3.63) is 95.1 Å². The van der Waals surface area contributed by atoms with Gasteiger partial charge in [-0.05, 0) is 335 Å². The van der Waals surface area contributed by atoms with Gasteiger partial charge in [-0.15, -0.1) is 0 Å². The first-order valence-electron chi connectivity index (χ1n) is 44.3. The minimum atomic E-state index is 0.593. The van der Waals surface area contributed by atoms with E-state index in [1.165, 1.54) is 272 Å². The number of nitrogens with zero attached hydrogens (tertiary/aromatic N) is 9. The highest BCUT2D eigenvalue weighted by molar-refractivity contribution is 5.58. The summed E-state index contributed by atoms with van der Waals surface area (Å²) in [6, 6.07) is 36.9. The Morgan fingerprint density at radius 3 is 1.28 bits per heavy atom. The quantitative estimate of drug-likeness (QED) is 0.218. The van der Waals surface area contributed by atoms with Gasteiger partial charge in [-0.3, -0.25) is 4.90 Å². The third kappa shape index (κ3) is 21.7. The second kappa shape index (κ2) is 40.1. The molecule has 9 heterocycles. The number of piperidine rings is 3. The lowest BCUT2D eigenvalue weighted by Gasteiger charge is -2.45. The smallest absolute Gasteiger partial charge is 0.0399 e. The van der Waals surface area contributed by atoms with E-state index in [2.05, 4.69) is 243 Å². The Morgan fingerprint density at radius 2 is 0.709 bits per heavy atom. The zero-order valence-electron chi connectivity index (χ0n) is 70.2. The molecule has 12 fully saturated rings. The highest BCUT2D eigenvalue weighted by Crippen LogP contribution is 2.44. The molecule has 0 spiro atoms. The average molecular weight is 1420 g/mol. The number of fused-ring (bicyclic) bond motifs is 9. The number of hydrogen-bond donors (Lipinski definition) is 0. The molecule has 9 heteroatoms. The maximum Gasteiger partial charge on any atom is 0.0399 e. The lowest BCUT2D eigenvalue weighted by molar-refractivity contribution is 0.0447. The van der Waals surface area contributed by atoms with E-state index in [9.17, 15) is 0 Å². The van der Waals surface area contributed by atoms with Gasteiger partial charge >= 0.3 is 0 Å². The first-order chi connectivity index (χ1) is 49.6. The van der Waals surface area contributed by atoms with Crippen LogP contribution in [-0.4, -0.2) is 190 Å². The Morgan fingerprint density at radius 1 is 0.282 bits per heavy atom. The molecule has 0 radical (unpaired) electrons. The van der Waals surface area contributed by atoms with Gasteiger partial charge < -0.3 is 39.2 Å². The summed E-state index contributed by atoms with van der Waals surface area (Å²) in [4.78, 5) is 22.6. The third-order valence-corrected chi connectivity index (χ3v) is 31.4. The minimum absolute atomic E-state index is 0.593. The monoisotopic (exact) mass is 1420 g/mol. The first-order valence-corrected chi connectivity index (χ1v) is 44.3. The third-order valence-electron chi connectivity index (χ3n) is 31.4. The minimum Gasteiger partial charge on any atom is -0.372 e. The predicted octanol–water partition coefficient (Wildman–Crippen LogP) is 20.9. The fourth-order valence-electron chi connectivity index (χ4n) is 23.3. The zero-order valence-corrected chi connectivity index (χ0v) is 70.2. The van der Waals surface area contributed by atoms with Crippen molar-refractivity contribution in [1.82, 2.24) is 34.3 Å². The van der Waals surface area contributed by atoms with Crippen LogP contribution in [0.4, 0.5) is 11.4 Å². The lowest BCUT2D eigenvalue weighted by Crippen LogP contribution is -2.48. The second-order valence-electron chi connectivity index (χ2n) is 37.5. The summed E-state index contributed by atoms with van der Waals surface area (Å²) in [6.07, 6.45) is 49.4. The number of para-hydroxylation sites is 2. The van der Waals surface area contributed by atoms with E-state index in [0.717, 1.165) is 108 Å². The van der Waals surface area contributed by atoms with Gasteiger partial charge in [0.15, 0.2) is 0 Å². The molecule has 0 aromatic heterocycles. The zero-order chi connectivity index (χ0) is 73.4. The van der Waals surface area contributed by atoms with Crippen LogP contribution in [-0.2, 0) is 19.3 Å². The van der Waals surface area contributed by atoms with Gasteiger partial charge in [0.1, 0.15) is 0 Å². The standard InChI is InChI=1S/2C11H21N.C11H15N.C11H21N.C11H15N.2C10H19N.C10H13N.C9H17N/c1-9-7-10-5-3-4-6-11(10)8-12(9)2;2*1-9-11-6-4-3-5-10(11)7-8-12(9)2;2*1-9-7-8-10-5-3-4-6-11(10)12(9)2;3*1-8-7-9-5-3-4-6-10(9)11(8)2;1-7-6-8-4-3-5-9(8)10(7)2/h2*9-11H,3-8H2,1-2H3;3-6,9H,7-8H2,1-2H3;9-11H,3-8H2,1-2H3;3-6,9H,7-8H2,1-2H3;2*8-10H,3-7H2,1-2H3;3-6,8H,7H2,1-2H3;7-9H,3-6H2,1-2H3. The van der Waals surface area contributed by atoms with Gasteiger partial charge in [0, 0.05) is 117 Å². The fraction of sp³-hybridized carbons (Fsp3) is 0.809. The van der Waals surface area contributed by atoms with E-state index in [1.54, 1.807) is 0 Å². The van der Waals surface area contributed by atoms with E-state index in [4.69, 9.17) is 0 Å². The molecule has 3 aromatic rings. The van der Waals surface area contributed by atoms with Crippen LogP contribution in [0, 0.1) is 47.3 Å². The van der Waals surface area contributed by atoms with Crippen LogP contribution in [0.15, 0.2) is 72.8 Å². The molecule has 0 bridgehead atoms. The highest BCUT2D eigenvalue weighted by atomic mass is 15.2.